The number of aryl methyl sites for hydroxylation is 2. The molecule has 0 atom stereocenters. The molecule has 264 valence electrons. The van der Waals surface area contributed by atoms with E-state index in [9.17, 15) is 4.79 Å². The second-order valence-electron chi connectivity index (χ2n) is 13.8. The second kappa shape index (κ2) is 13.3. The Kier molecular flexibility index (Phi) is 8.16. The van der Waals surface area contributed by atoms with Crippen LogP contribution in [0.2, 0.25) is 0 Å². The van der Waals surface area contributed by atoms with Crippen LogP contribution in [-0.4, -0.2) is 24.1 Å². The van der Waals surface area contributed by atoms with Crippen LogP contribution in [0.25, 0.3) is 61.6 Å². The van der Waals surface area contributed by atoms with E-state index in [4.69, 9.17) is 15.0 Å². The van der Waals surface area contributed by atoms with Gasteiger partial charge in [0.1, 0.15) is 0 Å². The smallest absolute Gasteiger partial charge is 0.295 e. The van der Waals surface area contributed by atoms with Crippen LogP contribution in [0, 0.1) is 0 Å². The highest BCUT2D eigenvalue weighted by Gasteiger charge is 2.47. The van der Waals surface area contributed by atoms with E-state index in [1.54, 1.807) is 35.4 Å². The van der Waals surface area contributed by atoms with Crippen molar-refractivity contribution >= 4 is 16.6 Å². The molecule has 6 nitrogen and oxygen atoms in total. The summed E-state index contributed by atoms with van der Waals surface area (Å²) in [6.07, 6.45) is 5.34. The van der Waals surface area contributed by atoms with Crippen LogP contribution in [0.1, 0.15) is 28.1 Å². The highest BCUT2D eigenvalue weighted by Crippen LogP contribution is 2.58. The van der Waals surface area contributed by atoms with Gasteiger partial charge in [0.2, 0.25) is 0 Å². The fraction of sp³-hybridized carbons (Fsp3) is 0.0612. The Morgan fingerprint density at radius 3 is 1.85 bits per heavy atom. The Morgan fingerprint density at radius 1 is 0.582 bits per heavy atom. The molecule has 0 radical (unpaired) electrons. The number of aromatic nitrogens is 5. The Hall–Kier alpha value is -7.18. The topological polar surface area (TPSA) is 65.6 Å². The first kappa shape index (κ1) is 33.6. The molecule has 0 fully saturated rings. The molecule has 0 saturated heterocycles. The number of fused-ring (bicyclic) bond motifs is 4. The Balaban J connectivity index is 1.24. The van der Waals surface area contributed by atoms with Gasteiger partial charge >= 0.3 is 5.69 Å². The van der Waals surface area contributed by atoms with Crippen LogP contribution < -0.4 is 5.69 Å². The third-order valence-corrected chi connectivity index (χ3v) is 10.9. The van der Waals surface area contributed by atoms with Crippen LogP contribution in [-0.2, 0) is 19.5 Å². The molecular formula is C49H37N5O. The summed E-state index contributed by atoms with van der Waals surface area (Å²) in [6.45, 7) is 8.01. The van der Waals surface area contributed by atoms with Crippen LogP contribution in [0.4, 0.5) is 0 Å². The van der Waals surface area contributed by atoms with Crippen LogP contribution in [0.3, 0.4) is 0 Å². The molecule has 1 aliphatic carbocycles. The van der Waals surface area contributed by atoms with Crippen molar-refractivity contribution in [2.75, 3.05) is 0 Å². The summed E-state index contributed by atoms with van der Waals surface area (Å²) in [5.41, 5.74) is 12.7. The van der Waals surface area contributed by atoms with Gasteiger partial charge in [-0.05, 0) is 56.6 Å². The van der Waals surface area contributed by atoms with E-state index < -0.39 is 5.41 Å². The van der Waals surface area contributed by atoms with Gasteiger partial charge in [0.05, 0.1) is 16.4 Å². The Labute approximate surface area is 319 Å². The van der Waals surface area contributed by atoms with Crippen molar-refractivity contribution in [2.45, 2.75) is 5.41 Å². The molecule has 0 unspecified atom stereocenters. The maximum absolute atomic E-state index is 12.6. The largest absolute Gasteiger partial charge is 0.328 e. The minimum absolute atomic E-state index is 0.0493. The molecule has 1 aliphatic rings. The lowest BCUT2D eigenvalue weighted by atomic mass is 9.67. The normalized spacial score (nSPS) is 13.0. The number of nitrogens with zero attached hydrogens (tertiary/aromatic N) is 5. The highest BCUT2D eigenvalue weighted by molar-refractivity contribution is 5.94. The number of allylic oxidation sites excluding steroid dienone is 4. The predicted octanol–water partition coefficient (Wildman–Crippen LogP) is 10.2. The van der Waals surface area contributed by atoms with Gasteiger partial charge in [-0.2, -0.15) is 0 Å². The molecule has 2 aromatic heterocycles. The van der Waals surface area contributed by atoms with Gasteiger partial charge in [-0.15, -0.1) is 0 Å². The zero-order chi connectivity index (χ0) is 37.7. The summed E-state index contributed by atoms with van der Waals surface area (Å²) in [6, 6.07) is 51.0. The minimum Gasteiger partial charge on any atom is -0.295 e. The zero-order valence-corrected chi connectivity index (χ0v) is 30.6. The van der Waals surface area contributed by atoms with Crippen molar-refractivity contribution in [2.24, 2.45) is 14.1 Å². The van der Waals surface area contributed by atoms with Crippen LogP contribution >= 0.6 is 0 Å². The third kappa shape index (κ3) is 5.25. The Morgan fingerprint density at radius 2 is 1.16 bits per heavy atom. The summed E-state index contributed by atoms with van der Waals surface area (Å²) >= 11 is 0. The summed E-state index contributed by atoms with van der Waals surface area (Å²) in [5, 5.41) is 0. The maximum atomic E-state index is 12.6. The molecule has 0 bridgehead atoms. The summed E-state index contributed by atoms with van der Waals surface area (Å²) in [4.78, 5) is 27.9. The van der Waals surface area contributed by atoms with Crippen molar-refractivity contribution in [3.05, 3.63) is 216 Å². The van der Waals surface area contributed by atoms with E-state index in [0.717, 1.165) is 50.0 Å². The maximum Gasteiger partial charge on any atom is 0.328 e. The zero-order valence-electron chi connectivity index (χ0n) is 30.6. The number of hydrogen-bond donors (Lipinski definition) is 0. The quantitative estimate of drug-likeness (QED) is 0.147. The number of imidazole rings is 1. The first-order chi connectivity index (χ1) is 26.9. The molecule has 6 aromatic carbocycles. The van der Waals surface area contributed by atoms with Crippen LogP contribution in [0.15, 0.2) is 182 Å². The average Bonchev–Trinajstić information content (AvgIpc) is 3.67. The summed E-state index contributed by atoms with van der Waals surface area (Å²) < 4.78 is 3.35. The average molecular weight is 712 g/mol. The molecule has 0 amide bonds. The number of rotatable bonds is 8. The van der Waals surface area contributed by atoms with Crippen molar-refractivity contribution in [1.82, 2.24) is 24.1 Å². The van der Waals surface area contributed by atoms with Crippen molar-refractivity contribution in [1.29, 1.82) is 0 Å². The molecule has 0 saturated carbocycles. The van der Waals surface area contributed by atoms with E-state index in [0.29, 0.717) is 17.5 Å². The van der Waals surface area contributed by atoms with Gasteiger partial charge in [-0.1, -0.05) is 165 Å². The van der Waals surface area contributed by atoms with E-state index in [2.05, 4.69) is 134 Å². The predicted molar refractivity (Wildman–Crippen MR) is 224 cm³/mol. The van der Waals surface area contributed by atoms with Gasteiger partial charge in [0, 0.05) is 30.8 Å². The fourth-order valence-corrected chi connectivity index (χ4v) is 8.29. The molecule has 0 aliphatic heterocycles. The van der Waals surface area contributed by atoms with Crippen molar-refractivity contribution in [3.63, 3.8) is 0 Å². The second-order valence-corrected chi connectivity index (χ2v) is 13.8. The van der Waals surface area contributed by atoms with Gasteiger partial charge < -0.3 is 0 Å². The number of benzene rings is 6. The highest BCUT2D eigenvalue weighted by atomic mass is 16.1. The van der Waals surface area contributed by atoms with E-state index in [-0.39, 0.29) is 5.69 Å². The molecule has 6 heteroatoms. The lowest BCUT2D eigenvalue weighted by Crippen LogP contribution is -2.28. The van der Waals surface area contributed by atoms with Crippen molar-refractivity contribution < 1.29 is 0 Å². The first-order valence-corrected chi connectivity index (χ1v) is 18.3. The summed E-state index contributed by atoms with van der Waals surface area (Å²) in [5.74, 6) is 1.63. The van der Waals surface area contributed by atoms with E-state index >= 15 is 0 Å². The molecule has 8 aromatic rings. The fourth-order valence-electron chi connectivity index (χ4n) is 8.29. The SMILES string of the molecule is C=C/C=C(\C=C)c1nc(-c2ccc(-c3ccc4c(c3)n(C)c(=O)n4C)cc2)nc(-c2cccc3c2-c2ccccc2C3(c2ccccc2)c2ccccc2)n1. The monoisotopic (exact) mass is 711 g/mol. The Bertz CT molecular complexity index is 2840. The molecule has 0 N–H and O–H groups in total. The summed E-state index contributed by atoms with van der Waals surface area (Å²) in [7, 11) is 3.60. The van der Waals surface area contributed by atoms with Crippen LogP contribution in [0.5, 0.6) is 0 Å². The molecule has 9 rings (SSSR count). The minimum atomic E-state index is -0.553. The van der Waals surface area contributed by atoms with Gasteiger partial charge in [0.15, 0.2) is 17.5 Å². The van der Waals surface area contributed by atoms with Crippen molar-refractivity contribution in [3.8, 4) is 45.0 Å². The van der Waals surface area contributed by atoms with E-state index in [1.807, 2.05) is 30.3 Å². The third-order valence-electron chi connectivity index (χ3n) is 10.9. The van der Waals surface area contributed by atoms with Gasteiger partial charge in [-0.25, -0.2) is 19.7 Å². The lowest BCUT2D eigenvalue weighted by molar-refractivity contribution is 0.768. The molecular weight excluding hydrogens is 675 g/mol. The first-order valence-electron chi connectivity index (χ1n) is 18.3. The standard InChI is InChI=1S/C49H37N5O/c1-5-16-32(6-2)45-50-46(34-27-25-33(26-28-34)35-29-30-42-43(31-35)54(4)48(55)53(42)3)52-47(51-45)39-22-15-24-41-44(39)38-21-13-14-23-40(38)49(41,36-17-9-7-10-18-36)37-19-11-8-12-20-37/h5-31H,1-2H2,3-4H3/b32-16+. The van der Waals surface area contributed by atoms with Gasteiger partial charge in [-0.3, -0.25) is 9.13 Å². The molecule has 55 heavy (non-hydrogen) atoms. The number of hydrogen-bond acceptors (Lipinski definition) is 4. The molecule has 2 heterocycles. The lowest BCUT2D eigenvalue weighted by Gasteiger charge is -2.33. The molecule has 0 spiro atoms. The van der Waals surface area contributed by atoms with Gasteiger partial charge in [0.25, 0.3) is 0 Å². The van der Waals surface area contributed by atoms with E-state index in [1.165, 1.54) is 22.3 Å².